The summed E-state index contributed by atoms with van der Waals surface area (Å²) in [6.07, 6.45) is -3.00. The molecule has 96 heavy (non-hydrogen) atoms. The molecule has 1 aromatic rings. The summed E-state index contributed by atoms with van der Waals surface area (Å²) in [4.78, 5) is 192. The van der Waals surface area contributed by atoms with E-state index in [9.17, 15) is 82.4 Å². The zero-order valence-electron chi connectivity index (χ0n) is 56.7. The predicted octanol–water partition coefficient (Wildman–Crippen LogP) is -3.82. The third-order valence-corrected chi connectivity index (χ3v) is 15.2. The van der Waals surface area contributed by atoms with Gasteiger partial charge in [-0.15, -0.1) is 0 Å². The van der Waals surface area contributed by atoms with Crippen LogP contribution < -0.4 is 81.4 Å². The predicted molar refractivity (Wildman–Crippen MR) is 351 cm³/mol. The number of unbranched alkanes of at least 4 members (excludes halogenated alkanes) is 1. The van der Waals surface area contributed by atoms with Gasteiger partial charge in [0.05, 0.1) is 31.5 Å². The van der Waals surface area contributed by atoms with Crippen LogP contribution in [0.2, 0.25) is 0 Å². The number of nitrogens with zero attached hydrogens (tertiary/aromatic N) is 1. The van der Waals surface area contributed by atoms with E-state index in [0.717, 1.165) is 6.92 Å². The Hall–Kier alpha value is -9.05. The lowest BCUT2D eigenvalue weighted by molar-refractivity contribution is -0.148. The highest BCUT2D eigenvalue weighted by molar-refractivity contribution is 6.00. The number of aliphatic hydroxyl groups excluding tert-OH is 1. The number of guanidine groups is 1. The molecule has 0 radical (unpaired) electrons. The highest BCUT2D eigenvalue weighted by atomic mass is 16.4. The number of nitrogens with one attached hydrogen (secondary N) is 11. The van der Waals surface area contributed by atoms with Crippen LogP contribution in [0.5, 0.6) is 0 Å². The molecule has 0 aromatic heterocycles. The van der Waals surface area contributed by atoms with E-state index >= 15 is 0 Å². The first-order valence-corrected chi connectivity index (χ1v) is 32.0. The number of hydrogen-bond donors (Lipinski definition) is 19. The van der Waals surface area contributed by atoms with Crippen molar-refractivity contribution < 1.29 is 87.5 Å². The summed E-state index contributed by atoms with van der Waals surface area (Å²) in [7, 11) is 0. The van der Waals surface area contributed by atoms with Crippen molar-refractivity contribution in [3.05, 3.63) is 35.9 Å². The fourth-order valence-electron chi connectivity index (χ4n) is 9.40. The van der Waals surface area contributed by atoms with E-state index in [0.29, 0.717) is 12.0 Å². The van der Waals surface area contributed by atoms with Gasteiger partial charge in [0.2, 0.25) is 65.0 Å². The number of rotatable bonds is 45. The van der Waals surface area contributed by atoms with Crippen LogP contribution in [0.1, 0.15) is 140 Å². The molecule has 1 rings (SSSR count). The number of aliphatic imine (C=N–C) groups is 1. The number of carbonyl (C=O) groups is 14. The minimum Gasteiger partial charge on any atom is -0.481 e. The van der Waals surface area contributed by atoms with Crippen molar-refractivity contribution in [2.24, 2.45) is 57.5 Å². The van der Waals surface area contributed by atoms with Gasteiger partial charge >= 0.3 is 17.9 Å². The quantitative estimate of drug-likeness (QED) is 0.0169. The topological polar surface area (TPSA) is 569 Å². The molecule has 34 nitrogen and oxygen atoms in total. The Labute approximate surface area is 559 Å². The van der Waals surface area contributed by atoms with Gasteiger partial charge < -0.3 is 102 Å². The van der Waals surface area contributed by atoms with Crippen molar-refractivity contribution in [2.45, 2.75) is 213 Å². The Morgan fingerprint density at radius 3 is 1.42 bits per heavy atom. The summed E-state index contributed by atoms with van der Waals surface area (Å²) in [5, 5.41) is 66.1. The van der Waals surface area contributed by atoms with Crippen molar-refractivity contribution in [1.82, 2.24) is 58.5 Å². The second kappa shape index (κ2) is 43.1. The number of carboxylic acid groups (broad SMARTS) is 3. The number of hydrogen-bond acceptors (Lipinski definition) is 18. The molecule has 540 valence electrons. The highest BCUT2D eigenvalue weighted by Gasteiger charge is 2.39. The number of carboxylic acids is 3. The Morgan fingerprint density at radius 1 is 0.479 bits per heavy atom. The van der Waals surface area contributed by atoms with Gasteiger partial charge in [0.15, 0.2) is 5.96 Å². The number of aliphatic carboxylic acids is 3. The number of carbonyl (C=O) groups excluding carboxylic acids is 11. The lowest BCUT2D eigenvalue weighted by Gasteiger charge is -2.30. The summed E-state index contributed by atoms with van der Waals surface area (Å²) < 4.78 is 0. The van der Waals surface area contributed by atoms with Crippen molar-refractivity contribution >= 4 is 88.8 Å². The first-order chi connectivity index (χ1) is 44.8. The number of nitrogens with two attached hydrogens (primary N) is 4. The van der Waals surface area contributed by atoms with Gasteiger partial charge in [0.25, 0.3) is 0 Å². The molecular formula is C62H104N16O18. The van der Waals surface area contributed by atoms with Crippen LogP contribution in [0.3, 0.4) is 0 Å². The Balaban J connectivity index is 3.63. The molecule has 11 amide bonds. The van der Waals surface area contributed by atoms with E-state index in [-0.39, 0.29) is 75.8 Å². The van der Waals surface area contributed by atoms with Crippen LogP contribution in [0.15, 0.2) is 35.3 Å². The van der Waals surface area contributed by atoms with Crippen LogP contribution in [-0.2, 0) is 73.5 Å². The monoisotopic (exact) mass is 1360 g/mol. The van der Waals surface area contributed by atoms with E-state index in [4.69, 9.17) is 28.0 Å². The zero-order chi connectivity index (χ0) is 73.3. The fourth-order valence-corrected chi connectivity index (χ4v) is 9.40. The van der Waals surface area contributed by atoms with Gasteiger partial charge in [-0.2, -0.15) is 0 Å². The Bertz CT molecular complexity index is 2820. The van der Waals surface area contributed by atoms with Gasteiger partial charge in [-0.1, -0.05) is 106 Å². The third kappa shape index (κ3) is 31.5. The molecule has 0 fully saturated rings. The largest absolute Gasteiger partial charge is 0.481 e. The summed E-state index contributed by atoms with van der Waals surface area (Å²) in [6, 6.07) is -7.88. The van der Waals surface area contributed by atoms with Crippen molar-refractivity contribution in [2.75, 3.05) is 19.6 Å². The number of aliphatic hydroxyl groups is 1. The van der Waals surface area contributed by atoms with E-state index < -0.39 is 193 Å². The maximum absolute atomic E-state index is 14.6. The molecular weight excluding hydrogens is 1260 g/mol. The van der Waals surface area contributed by atoms with E-state index in [1.807, 2.05) is 5.32 Å². The van der Waals surface area contributed by atoms with Crippen molar-refractivity contribution in [1.29, 1.82) is 0 Å². The van der Waals surface area contributed by atoms with Crippen molar-refractivity contribution in [3.8, 4) is 0 Å². The summed E-state index contributed by atoms with van der Waals surface area (Å²) in [5.41, 5.74) is 23.3. The van der Waals surface area contributed by atoms with Gasteiger partial charge in [-0.25, -0.2) is 4.79 Å². The Morgan fingerprint density at radius 2 is 0.917 bits per heavy atom. The van der Waals surface area contributed by atoms with E-state index in [2.05, 4.69) is 58.2 Å². The average molecular weight is 1360 g/mol. The third-order valence-electron chi connectivity index (χ3n) is 15.2. The SMILES string of the molecule is CC[C@H](C)[C@H](NC(=O)[C@H](CCCCN)NC(=O)[C@H](CC(C)C)NC(=O)[C@@H](NC(=O)[C@H](Cc1ccccc1)NC(=O)[C@H](CCCN=C(N)N)NC(=O)CNC(=O)[C@H](CC(=O)O)NC(=O)[C@@H](NC(=O)[C@@H](N)C(C)C)C(C)C)C(C)C)C(=O)N[C@H](C(=O)N[C@@H](CC(=O)O)C(=O)O)[C@@H](C)O. The minimum atomic E-state index is -1.93. The molecule has 0 spiro atoms. The zero-order valence-corrected chi connectivity index (χ0v) is 56.7. The van der Waals surface area contributed by atoms with Gasteiger partial charge in [-0.05, 0) is 87.1 Å². The minimum absolute atomic E-state index is 0.0102. The van der Waals surface area contributed by atoms with Crippen LogP contribution in [0, 0.1) is 29.6 Å². The number of benzene rings is 1. The van der Waals surface area contributed by atoms with Crippen LogP contribution in [0.25, 0.3) is 0 Å². The van der Waals surface area contributed by atoms with Crippen LogP contribution >= 0.6 is 0 Å². The second-order valence-electron chi connectivity index (χ2n) is 25.1. The molecule has 13 atom stereocenters. The average Bonchev–Trinajstić information content (AvgIpc) is 0.912. The maximum Gasteiger partial charge on any atom is 0.326 e. The first kappa shape index (κ1) is 85.0. The molecule has 0 aliphatic heterocycles. The van der Waals surface area contributed by atoms with Gasteiger partial charge in [0.1, 0.15) is 60.4 Å². The normalized spacial score (nSPS) is 15.3. The molecule has 0 unspecified atom stereocenters. The highest BCUT2D eigenvalue weighted by Crippen LogP contribution is 2.15. The first-order valence-electron chi connectivity index (χ1n) is 32.0. The molecule has 1 aromatic carbocycles. The fraction of sp³-hybridized carbons (Fsp3) is 0.661. The number of amides is 11. The maximum atomic E-state index is 14.6. The van der Waals surface area contributed by atoms with Crippen molar-refractivity contribution in [3.63, 3.8) is 0 Å². The molecule has 34 heteroatoms. The van der Waals surface area contributed by atoms with Crippen LogP contribution in [0.4, 0.5) is 0 Å². The smallest absolute Gasteiger partial charge is 0.326 e. The van der Waals surface area contributed by atoms with E-state index in [1.165, 1.54) is 0 Å². The summed E-state index contributed by atoms with van der Waals surface area (Å²) in [6.45, 7) is 17.0. The van der Waals surface area contributed by atoms with E-state index in [1.54, 1.807) is 99.6 Å². The van der Waals surface area contributed by atoms with Gasteiger partial charge in [0, 0.05) is 13.0 Å². The van der Waals surface area contributed by atoms with Gasteiger partial charge in [-0.3, -0.25) is 67.3 Å². The molecule has 0 aliphatic rings. The summed E-state index contributed by atoms with van der Waals surface area (Å²) in [5.74, 6) is -17.8. The Kier molecular flexibility index (Phi) is 38.2. The standard InChI is InChI=1S/C62H104N16O18/c1-12-34(10)49(59(93)78-50(35(11)79)60(94)74-42(61(95)96)28-45(83)84)77-53(87)38(21-16-17-23-63)70-54(88)39(25-30(2)3)72-57(91)47(32(6)7)75-55(89)40(26-36-19-14-13-15-20-36)71-52(86)37(22-18-24-67-62(65)66)69-43(80)29-68-51(85)41(27-44(81)82)73-58(92)48(33(8)9)76-56(90)46(64)31(4)5/h13-15,19-20,30-35,37-42,46-50,79H,12,16-18,21-29,63-64H2,1-11H3,(H,68,85)(H,69,80)(H,70,88)(H,71,86)(H,72,91)(H,73,92)(H,74,94)(H,75,89)(H,76,90)(H,77,87)(H,78,93)(H,81,82)(H,83,84)(H,95,96)(H4,65,66,67)/t34-,35+,37-,38-,39-,40-,41-,42-,46-,47-,48-,49-,50-/m0/s1. The second-order valence-corrected chi connectivity index (χ2v) is 25.1. The van der Waals surface area contributed by atoms with Crippen LogP contribution in [-0.4, -0.2) is 201 Å². The lowest BCUT2D eigenvalue weighted by Crippen LogP contribution is -2.62. The lowest BCUT2D eigenvalue weighted by atomic mass is 9.96. The molecule has 0 bridgehead atoms. The molecule has 0 heterocycles. The summed E-state index contributed by atoms with van der Waals surface area (Å²) >= 11 is 0. The molecule has 0 saturated heterocycles. The molecule has 0 aliphatic carbocycles. The molecule has 0 saturated carbocycles. The molecule has 23 N–H and O–H groups in total.